The van der Waals surface area contributed by atoms with Crippen molar-refractivity contribution in [3.05, 3.63) is 76.1 Å². The van der Waals surface area contributed by atoms with Crippen molar-refractivity contribution in [2.75, 3.05) is 48.0 Å². The van der Waals surface area contributed by atoms with Crippen LogP contribution in [0.25, 0.3) is 21.8 Å². The molecule has 274 valence electrons. The van der Waals surface area contributed by atoms with Crippen LogP contribution in [0.3, 0.4) is 0 Å². The number of piperidine rings is 3. The topological polar surface area (TPSA) is 99.9 Å². The van der Waals surface area contributed by atoms with Crippen molar-refractivity contribution in [3.63, 3.8) is 0 Å². The summed E-state index contributed by atoms with van der Waals surface area (Å²) >= 11 is 0. The first-order chi connectivity index (χ1) is 25.3. The maximum Gasteiger partial charge on any atom is 0.319 e. The fraction of sp³-hybridized carbons (Fsp3) is 0.535. The van der Waals surface area contributed by atoms with Crippen LogP contribution < -0.4 is 4.74 Å². The van der Waals surface area contributed by atoms with Crippen LogP contribution in [-0.2, 0) is 37.3 Å². The first kappa shape index (κ1) is 33.7. The van der Waals surface area contributed by atoms with Crippen molar-refractivity contribution >= 4 is 33.7 Å². The first-order valence-electron chi connectivity index (χ1n) is 19.3. The van der Waals surface area contributed by atoms with Gasteiger partial charge in [-0.15, -0.1) is 0 Å². The standard InChI is InChI=1S/C43H52N4O5/c1-7-24-15-23-20-43(42(49)52-6)39-27(13-14-47(21-23)40(24)43)29-19-36(50-4)30(17-34(29)45-39)31-16-28-25(8-2)22-46(3)35(37(28)41(48)51-5)18-32-26-11-9-10-12-33(26)44-38(31)32/h8-12,17,19,23-24,28,31,35,37,40,44-45H,7,13-16,18,20-22H2,1-6H3/t23-,24+,28+,31-,35+,37-,40+,43-/m1/s1. The number of likely N-dealkylation sites (tertiary alicyclic amines) is 1. The number of esters is 2. The summed E-state index contributed by atoms with van der Waals surface area (Å²) < 4.78 is 17.6. The summed E-state index contributed by atoms with van der Waals surface area (Å²) in [4.78, 5) is 40.8. The number of aromatic amines is 2. The molecule has 52 heavy (non-hydrogen) atoms. The quantitative estimate of drug-likeness (QED) is 0.181. The molecule has 4 aliphatic heterocycles. The lowest BCUT2D eigenvalue weighted by Crippen LogP contribution is -2.67. The third kappa shape index (κ3) is 4.67. The Bertz CT molecular complexity index is 2110. The number of allylic oxidation sites excluding steroid dienone is 1. The number of para-hydroxylation sites is 1. The number of ether oxygens (including phenoxy) is 3. The van der Waals surface area contributed by atoms with Gasteiger partial charge in [-0.2, -0.15) is 0 Å². The minimum atomic E-state index is -0.725. The second-order valence-corrected chi connectivity index (χ2v) is 16.3. The molecule has 9 heteroatoms. The number of likely N-dealkylation sites (N-methyl/N-ethyl adjacent to an activating group) is 1. The number of fused-ring (bicyclic) bond motifs is 9. The van der Waals surface area contributed by atoms with Crippen LogP contribution in [-0.4, -0.2) is 91.8 Å². The van der Waals surface area contributed by atoms with Crippen LogP contribution in [0.5, 0.6) is 5.75 Å². The third-order valence-corrected chi connectivity index (χ3v) is 14.1. The molecule has 10 rings (SSSR count). The van der Waals surface area contributed by atoms with Crippen molar-refractivity contribution in [2.24, 2.45) is 23.7 Å². The fourth-order valence-electron chi connectivity index (χ4n) is 12.1. The van der Waals surface area contributed by atoms with Crippen molar-refractivity contribution in [1.82, 2.24) is 19.8 Å². The van der Waals surface area contributed by atoms with Crippen LogP contribution in [0.2, 0.25) is 0 Å². The van der Waals surface area contributed by atoms with E-state index in [0.29, 0.717) is 11.8 Å². The summed E-state index contributed by atoms with van der Waals surface area (Å²) in [6, 6.07) is 13.2. The number of benzene rings is 2. The van der Waals surface area contributed by atoms with Gasteiger partial charge in [0, 0.05) is 76.4 Å². The maximum absolute atomic E-state index is 14.2. The fourth-order valence-corrected chi connectivity index (χ4v) is 12.1. The molecular formula is C43H52N4O5. The van der Waals surface area contributed by atoms with Crippen LogP contribution in [0.4, 0.5) is 0 Å². The summed E-state index contributed by atoms with van der Waals surface area (Å²) in [5, 5.41) is 2.32. The van der Waals surface area contributed by atoms with E-state index < -0.39 is 5.41 Å². The van der Waals surface area contributed by atoms with Crippen molar-refractivity contribution in [3.8, 4) is 5.75 Å². The number of carbonyl (C=O) groups is 2. The molecule has 0 amide bonds. The predicted molar refractivity (Wildman–Crippen MR) is 202 cm³/mol. The highest BCUT2D eigenvalue weighted by molar-refractivity contribution is 5.93. The maximum atomic E-state index is 14.2. The largest absolute Gasteiger partial charge is 0.496 e. The molecule has 6 aliphatic rings. The Morgan fingerprint density at radius 2 is 1.85 bits per heavy atom. The Labute approximate surface area is 306 Å². The molecule has 1 saturated carbocycles. The second kappa shape index (κ2) is 12.5. The molecule has 2 aromatic carbocycles. The minimum Gasteiger partial charge on any atom is -0.496 e. The molecule has 4 aromatic rings. The average molecular weight is 705 g/mol. The number of carbonyl (C=O) groups excluding carboxylic acids is 2. The molecule has 4 fully saturated rings. The number of hydrogen-bond acceptors (Lipinski definition) is 7. The summed E-state index contributed by atoms with van der Waals surface area (Å²) in [7, 11) is 6.99. The predicted octanol–water partition coefficient (Wildman–Crippen LogP) is 6.49. The lowest BCUT2D eigenvalue weighted by molar-refractivity contribution is -0.162. The molecule has 9 atom stereocenters. The normalized spacial score (nSPS) is 33.2. The van der Waals surface area contributed by atoms with Crippen molar-refractivity contribution < 1.29 is 23.8 Å². The van der Waals surface area contributed by atoms with Gasteiger partial charge in [-0.1, -0.05) is 43.2 Å². The molecule has 3 saturated heterocycles. The van der Waals surface area contributed by atoms with E-state index in [2.05, 4.69) is 83.1 Å². The zero-order valence-corrected chi connectivity index (χ0v) is 31.4. The van der Waals surface area contributed by atoms with Gasteiger partial charge in [0.1, 0.15) is 11.2 Å². The van der Waals surface area contributed by atoms with E-state index in [-0.39, 0.29) is 41.8 Å². The van der Waals surface area contributed by atoms with Gasteiger partial charge in [0.15, 0.2) is 0 Å². The Morgan fingerprint density at radius 3 is 2.60 bits per heavy atom. The van der Waals surface area contributed by atoms with E-state index >= 15 is 0 Å². The highest BCUT2D eigenvalue weighted by Gasteiger charge is 2.62. The van der Waals surface area contributed by atoms with E-state index in [0.717, 1.165) is 85.2 Å². The van der Waals surface area contributed by atoms with Crippen molar-refractivity contribution in [2.45, 2.75) is 75.8 Å². The van der Waals surface area contributed by atoms with Crippen LogP contribution in [0.15, 0.2) is 48.0 Å². The lowest BCUT2D eigenvalue weighted by atomic mass is 9.56. The number of nitrogens with zero attached hydrogens (tertiary/aromatic N) is 2. The molecule has 9 nitrogen and oxygen atoms in total. The summed E-state index contributed by atoms with van der Waals surface area (Å²) in [5.74, 6) is 1.11. The van der Waals surface area contributed by atoms with Gasteiger partial charge in [0.2, 0.25) is 0 Å². The monoisotopic (exact) mass is 704 g/mol. The third-order valence-electron chi connectivity index (χ3n) is 14.1. The molecular weight excluding hydrogens is 652 g/mol. The van der Waals surface area contributed by atoms with Crippen LogP contribution in [0, 0.1) is 23.7 Å². The Kier molecular flexibility index (Phi) is 8.12. The van der Waals surface area contributed by atoms with Gasteiger partial charge in [-0.25, -0.2) is 0 Å². The van der Waals surface area contributed by atoms with Crippen molar-refractivity contribution in [1.29, 1.82) is 0 Å². The molecule has 0 spiro atoms. The Hall–Kier alpha value is -4.08. The molecule has 0 radical (unpaired) electrons. The van der Waals surface area contributed by atoms with Gasteiger partial charge in [-0.05, 0) is 93.2 Å². The van der Waals surface area contributed by atoms with Gasteiger partial charge in [0.05, 0.1) is 27.2 Å². The zero-order valence-electron chi connectivity index (χ0n) is 31.4. The smallest absolute Gasteiger partial charge is 0.319 e. The summed E-state index contributed by atoms with van der Waals surface area (Å²) in [6.45, 7) is 7.17. The van der Waals surface area contributed by atoms with E-state index in [4.69, 9.17) is 14.2 Å². The zero-order chi connectivity index (χ0) is 36.1. The van der Waals surface area contributed by atoms with Crippen LogP contribution in [0.1, 0.15) is 73.5 Å². The number of rotatable bonds is 5. The minimum absolute atomic E-state index is 0.00122. The number of nitrogens with one attached hydrogen (secondary N) is 2. The van der Waals surface area contributed by atoms with Gasteiger partial charge >= 0.3 is 11.9 Å². The van der Waals surface area contributed by atoms with Gasteiger partial charge in [0.25, 0.3) is 0 Å². The Morgan fingerprint density at radius 1 is 1.02 bits per heavy atom. The Balaban J connectivity index is 1.27. The van der Waals surface area contributed by atoms with Crippen LogP contribution >= 0.6 is 0 Å². The molecule has 2 aromatic heterocycles. The van der Waals surface area contributed by atoms with E-state index in [1.165, 1.54) is 41.3 Å². The van der Waals surface area contributed by atoms with E-state index in [9.17, 15) is 9.59 Å². The van der Waals surface area contributed by atoms with E-state index in [1.54, 1.807) is 14.2 Å². The summed E-state index contributed by atoms with van der Waals surface area (Å²) in [5.41, 5.74) is 8.48. The summed E-state index contributed by atoms with van der Waals surface area (Å²) in [6.07, 6.45) is 7.59. The number of hydrogen-bond donors (Lipinski definition) is 2. The highest BCUT2D eigenvalue weighted by Crippen LogP contribution is 2.56. The molecule has 1 unspecified atom stereocenters. The molecule has 2 N–H and O–H groups in total. The van der Waals surface area contributed by atoms with E-state index in [1.807, 2.05) is 0 Å². The number of H-pyrrole nitrogens is 2. The van der Waals surface area contributed by atoms with Gasteiger partial charge in [-0.3, -0.25) is 19.4 Å². The highest BCUT2D eigenvalue weighted by atomic mass is 16.5. The lowest BCUT2D eigenvalue weighted by Gasteiger charge is -2.57. The first-order valence-corrected chi connectivity index (χ1v) is 19.3. The molecule has 6 heterocycles. The second-order valence-electron chi connectivity index (χ2n) is 16.3. The number of aromatic nitrogens is 2. The SMILES string of the molecule is CC=C1CN(C)[C@H]2Cc3c([nH]c4ccccc34)[C@@H](c3cc4[nH]c5c(c4cc3OC)CCN3C[C@@H]4C[C@H](CC)[C@H]3[C@@]5(C(=O)OC)C4)C[C@@H]1[C@H]2C(=O)OC. The van der Waals surface area contributed by atoms with Gasteiger partial charge < -0.3 is 24.2 Å². The average Bonchev–Trinajstić information content (AvgIpc) is 3.69. The molecule has 6 bridgehead atoms. The number of methoxy groups -OCH3 is 3. The molecule has 2 aliphatic carbocycles.